The van der Waals surface area contributed by atoms with Crippen molar-refractivity contribution in [1.29, 1.82) is 0 Å². The van der Waals surface area contributed by atoms with E-state index in [1.165, 1.54) is 0 Å². The number of benzene rings is 2. The molecular weight excluding hydrogens is 260 g/mol. The lowest BCUT2D eigenvalue weighted by Crippen LogP contribution is -1.94. The van der Waals surface area contributed by atoms with Gasteiger partial charge in [-0.1, -0.05) is 0 Å². The Kier molecular flexibility index (Phi) is 2.38. The Labute approximate surface area is 121 Å². The minimum absolute atomic E-state index is 0.746. The number of anilines is 2. The largest absolute Gasteiger partial charge is 0.399 e. The molecule has 0 aliphatic heterocycles. The van der Waals surface area contributed by atoms with Gasteiger partial charge in [0.15, 0.2) is 0 Å². The van der Waals surface area contributed by atoms with E-state index in [9.17, 15) is 0 Å². The molecule has 4 rings (SSSR count). The van der Waals surface area contributed by atoms with Crippen LogP contribution in [0.1, 0.15) is 0 Å². The highest BCUT2D eigenvalue weighted by molar-refractivity contribution is 6.11. The summed E-state index contributed by atoms with van der Waals surface area (Å²) in [6.07, 6.45) is 3.62. The number of pyridine rings is 1. The molecule has 0 bridgehead atoms. The number of hydrogen-bond donors (Lipinski definition) is 2. The first-order valence-electron chi connectivity index (χ1n) is 6.73. The van der Waals surface area contributed by atoms with Gasteiger partial charge in [0.05, 0.1) is 22.9 Å². The molecule has 0 atom stereocenters. The highest BCUT2D eigenvalue weighted by Crippen LogP contribution is 2.33. The second-order valence-electron chi connectivity index (χ2n) is 5.10. The molecule has 21 heavy (non-hydrogen) atoms. The van der Waals surface area contributed by atoms with Gasteiger partial charge in [0, 0.05) is 28.3 Å². The van der Waals surface area contributed by atoms with Crippen LogP contribution in [0.2, 0.25) is 0 Å². The van der Waals surface area contributed by atoms with Crippen LogP contribution in [-0.2, 0) is 0 Å². The van der Waals surface area contributed by atoms with Crippen LogP contribution in [-0.4, -0.2) is 9.55 Å². The number of fused-ring (bicyclic) bond motifs is 3. The van der Waals surface area contributed by atoms with E-state index in [0.29, 0.717) is 0 Å². The summed E-state index contributed by atoms with van der Waals surface area (Å²) in [5, 5.41) is 2.20. The van der Waals surface area contributed by atoms with Gasteiger partial charge in [-0.15, -0.1) is 0 Å². The molecule has 2 heterocycles. The van der Waals surface area contributed by atoms with Crippen LogP contribution < -0.4 is 11.5 Å². The van der Waals surface area contributed by atoms with Crippen LogP contribution in [0.4, 0.5) is 11.4 Å². The fraction of sp³-hybridized carbons (Fsp3) is 0. The molecule has 0 aliphatic rings. The quantitative estimate of drug-likeness (QED) is 0.523. The molecule has 2 aromatic heterocycles. The number of nitrogen functional groups attached to an aromatic ring is 2. The average molecular weight is 274 g/mol. The average Bonchev–Trinajstić information content (AvgIpc) is 2.81. The normalized spacial score (nSPS) is 11.2. The van der Waals surface area contributed by atoms with Gasteiger partial charge in [0.1, 0.15) is 0 Å². The molecule has 0 saturated heterocycles. The Bertz CT molecular complexity index is 896. The third kappa shape index (κ3) is 1.73. The first-order valence-corrected chi connectivity index (χ1v) is 6.73. The van der Waals surface area contributed by atoms with Crippen molar-refractivity contribution in [3.05, 3.63) is 60.9 Å². The molecule has 0 aliphatic carbocycles. The second kappa shape index (κ2) is 4.24. The van der Waals surface area contributed by atoms with Crippen LogP contribution in [0.3, 0.4) is 0 Å². The van der Waals surface area contributed by atoms with Crippen molar-refractivity contribution < 1.29 is 0 Å². The topological polar surface area (TPSA) is 69.9 Å². The predicted molar refractivity (Wildman–Crippen MR) is 87.4 cm³/mol. The van der Waals surface area contributed by atoms with Gasteiger partial charge >= 0.3 is 0 Å². The van der Waals surface area contributed by atoms with Crippen molar-refractivity contribution in [2.45, 2.75) is 0 Å². The lowest BCUT2D eigenvalue weighted by molar-refractivity contribution is 1.14. The number of nitrogens with two attached hydrogens (primary N) is 2. The van der Waals surface area contributed by atoms with Gasteiger partial charge in [-0.25, -0.2) is 0 Å². The zero-order chi connectivity index (χ0) is 14.4. The minimum Gasteiger partial charge on any atom is -0.399 e. The van der Waals surface area contributed by atoms with Crippen LogP contribution >= 0.6 is 0 Å². The van der Waals surface area contributed by atoms with Gasteiger partial charge in [-0.2, -0.15) is 0 Å². The third-order valence-corrected chi connectivity index (χ3v) is 3.72. The van der Waals surface area contributed by atoms with E-state index in [1.807, 2.05) is 54.7 Å². The van der Waals surface area contributed by atoms with Crippen LogP contribution in [0.5, 0.6) is 0 Å². The maximum atomic E-state index is 5.95. The van der Waals surface area contributed by atoms with Crippen LogP contribution in [0.25, 0.3) is 27.5 Å². The van der Waals surface area contributed by atoms with Gasteiger partial charge < -0.3 is 16.0 Å². The Morgan fingerprint density at radius 3 is 1.95 bits per heavy atom. The summed E-state index contributed by atoms with van der Waals surface area (Å²) in [6.45, 7) is 0. The highest BCUT2D eigenvalue weighted by atomic mass is 15.0. The number of aromatic nitrogens is 2. The zero-order valence-electron chi connectivity index (χ0n) is 11.3. The fourth-order valence-corrected chi connectivity index (χ4v) is 2.82. The summed E-state index contributed by atoms with van der Waals surface area (Å²) in [7, 11) is 0. The van der Waals surface area contributed by atoms with Gasteiger partial charge in [0.25, 0.3) is 0 Å². The molecule has 0 saturated carbocycles. The lowest BCUT2D eigenvalue weighted by atomic mass is 10.1. The molecule has 4 N–H and O–H groups in total. The van der Waals surface area contributed by atoms with Crippen molar-refractivity contribution >= 4 is 33.2 Å². The Morgan fingerprint density at radius 2 is 1.43 bits per heavy atom. The predicted octanol–water partition coefficient (Wildman–Crippen LogP) is 3.34. The molecule has 102 valence electrons. The van der Waals surface area contributed by atoms with E-state index < -0.39 is 0 Å². The van der Waals surface area contributed by atoms with Crippen LogP contribution in [0, 0.1) is 0 Å². The SMILES string of the molecule is Nc1ccc2c(c1)c1cc(N)ccc1n2-c1cccnc1. The van der Waals surface area contributed by atoms with E-state index in [0.717, 1.165) is 38.9 Å². The van der Waals surface area contributed by atoms with Crippen molar-refractivity contribution in [1.82, 2.24) is 9.55 Å². The summed E-state index contributed by atoms with van der Waals surface area (Å²) in [5.41, 5.74) is 16.6. The van der Waals surface area contributed by atoms with E-state index in [1.54, 1.807) is 6.20 Å². The molecule has 0 fully saturated rings. The van der Waals surface area contributed by atoms with Crippen molar-refractivity contribution in [3.63, 3.8) is 0 Å². The summed E-state index contributed by atoms with van der Waals surface area (Å²) in [4.78, 5) is 4.22. The van der Waals surface area contributed by atoms with Gasteiger partial charge in [0.2, 0.25) is 0 Å². The van der Waals surface area contributed by atoms with Crippen molar-refractivity contribution in [2.75, 3.05) is 11.5 Å². The molecule has 4 nitrogen and oxygen atoms in total. The zero-order valence-corrected chi connectivity index (χ0v) is 11.3. The Balaban J connectivity index is 2.22. The van der Waals surface area contributed by atoms with E-state index in [-0.39, 0.29) is 0 Å². The van der Waals surface area contributed by atoms with Gasteiger partial charge in [-0.3, -0.25) is 4.98 Å². The first kappa shape index (κ1) is 11.8. The first-order chi connectivity index (χ1) is 10.2. The lowest BCUT2D eigenvalue weighted by Gasteiger charge is -2.06. The van der Waals surface area contributed by atoms with E-state index in [4.69, 9.17) is 11.5 Å². The smallest absolute Gasteiger partial charge is 0.0645 e. The van der Waals surface area contributed by atoms with Crippen molar-refractivity contribution in [3.8, 4) is 5.69 Å². The maximum absolute atomic E-state index is 5.95. The van der Waals surface area contributed by atoms with E-state index in [2.05, 4.69) is 9.55 Å². The molecule has 0 spiro atoms. The second-order valence-corrected chi connectivity index (χ2v) is 5.10. The Morgan fingerprint density at radius 1 is 0.810 bits per heavy atom. The molecule has 4 aromatic rings. The molecule has 2 aromatic carbocycles. The number of hydrogen-bond acceptors (Lipinski definition) is 3. The Hall–Kier alpha value is -3.01. The van der Waals surface area contributed by atoms with Crippen molar-refractivity contribution in [2.24, 2.45) is 0 Å². The number of rotatable bonds is 1. The molecular formula is C17H14N4. The highest BCUT2D eigenvalue weighted by Gasteiger charge is 2.12. The molecule has 0 amide bonds. The fourth-order valence-electron chi connectivity index (χ4n) is 2.82. The van der Waals surface area contributed by atoms with E-state index >= 15 is 0 Å². The molecule has 0 radical (unpaired) electrons. The third-order valence-electron chi connectivity index (χ3n) is 3.72. The monoisotopic (exact) mass is 274 g/mol. The van der Waals surface area contributed by atoms with Gasteiger partial charge in [-0.05, 0) is 48.5 Å². The summed E-state index contributed by atoms with van der Waals surface area (Å²) in [5.74, 6) is 0. The minimum atomic E-state index is 0.746. The summed E-state index contributed by atoms with van der Waals surface area (Å²) < 4.78 is 2.18. The standard InChI is InChI=1S/C17H14N4/c18-11-3-5-16-14(8-11)15-9-12(19)4-6-17(15)21(16)13-2-1-7-20-10-13/h1-10H,18-19H2. The van der Waals surface area contributed by atoms with Crippen LogP contribution in [0.15, 0.2) is 60.9 Å². The molecule has 4 heteroatoms. The number of nitrogens with zero attached hydrogens (tertiary/aromatic N) is 2. The summed E-state index contributed by atoms with van der Waals surface area (Å²) >= 11 is 0. The summed E-state index contributed by atoms with van der Waals surface area (Å²) in [6, 6.07) is 15.9. The maximum Gasteiger partial charge on any atom is 0.0645 e. The molecule has 0 unspecified atom stereocenters.